The Morgan fingerprint density at radius 2 is 2.60 bits per heavy atom. The zero-order valence-corrected chi connectivity index (χ0v) is 7.03. The quantitative estimate of drug-likeness (QED) is 0.445. The minimum atomic E-state index is 0.346. The van der Waals surface area contributed by atoms with Gasteiger partial charge in [-0.05, 0) is 19.8 Å². The molecule has 1 nitrogen and oxygen atoms in total. The summed E-state index contributed by atoms with van der Waals surface area (Å²) in [4.78, 5) is 0. The zero-order chi connectivity index (χ0) is 7.40. The zero-order valence-electron chi connectivity index (χ0n) is 6.27. The lowest BCUT2D eigenvalue weighted by atomic mass is 10.2. The molecule has 1 aliphatic rings. The number of hydrogen-bond acceptors (Lipinski definition) is 1. The Bertz CT molecular complexity index is 125. The third-order valence-electron chi connectivity index (χ3n) is 1.65. The van der Waals surface area contributed by atoms with Gasteiger partial charge in [-0.3, -0.25) is 0 Å². The van der Waals surface area contributed by atoms with E-state index in [0.29, 0.717) is 12.0 Å². The average molecular weight is 161 g/mol. The third kappa shape index (κ3) is 2.31. The average Bonchev–Trinajstić information content (AvgIpc) is 2.40. The molecule has 10 heavy (non-hydrogen) atoms. The summed E-state index contributed by atoms with van der Waals surface area (Å²) in [6.07, 6.45) is 4.82. The van der Waals surface area contributed by atoms with Gasteiger partial charge in [-0.2, -0.15) is 0 Å². The molecule has 1 heterocycles. The van der Waals surface area contributed by atoms with Crippen LogP contribution in [-0.4, -0.2) is 18.6 Å². The van der Waals surface area contributed by atoms with E-state index in [0.717, 1.165) is 13.0 Å². The van der Waals surface area contributed by atoms with Crippen molar-refractivity contribution in [3.05, 3.63) is 11.6 Å². The molecule has 0 amide bonds. The summed E-state index contributed by atoms with van der Waals surface area (Å²) < 4.78 is 5.39. The van der Waals surface area contributed by atoms with Gasteiger partial charge in [0, 0.05) is 12.5 Å². The number of ether oxygens (including phenoxy) is 1. The van der Waals surface area contributed by atoms with Crippen LogP contribution in [0.25, 0.3) is 0 Å². The molecule has 1 saturated heterocycles. The van der Waals surface area contributed by atoms with Crippen molar-refractivity contribution in [2.45, 2.75) is 25.9 Å². The van der Waals surface area contributed by atoms with Crippen molar-refractivity contribution in [1.82, 2.24) is 0 Å². The molecular weight excluding hydrogens is 148 g/mol. The van der Waals surface area contributed by atoms with Gasteiger partial charge in [-0.1, -0.05) is 11.6 Å². The minimum absolute atomic E-state index is 0.346. The molecule has 0 N–H and O–H groups in total. The van der Waals surface area contributed by atoms with E-state index < -0.39 is 0 Å². The SMILES string of the molecule is CC(=CC1CCCO1)CCl. The van der Waals surface area contributed by atoms with Gasteiger partial charge in [0.1, 0.15) is 0 Å². The summed E-state index contributed by atoms with van der Waals surface area (Å²) in [5.41, 5.74) is 1.22. The first-order valence-corrected chi connectivity index (χ1v) is 4.21. The predicted molar refractivity (Wildman–Crippen MR) is 43.5 cm³/mol. The van der Waals surface area contributed by atoms with E-state index in [-0.39, 0.29) is 0 Å². The summed E-state index contributed by atoms with van der Waals surface area (Å²) in [5, 5.41) is 0. The smallest absolute Gasteiger partial charge is 0.0759 e. The van der Waals surface area contributed by atoms with Crippen molar-refractivity contribution < 1.29 is 4.74 Å². The molecule has 0 aromatic carbocycles. The Labute approximate surface area is 67.0 Å². The fourth-order valence-electron chi connectivity index (χ4n) is 1.10. The van der Waals surface area contributed by atoms with Crippen molar-refractivity contribution in [2.24, 2.45) is 0 Å². The number of allylic oxidation sites excluding steroid dienone is 1. The molecule has 0 bridgehead atoms. The Balaban J connectivity index is 2.34. The Kier molecular flexibility index (Phi) is 3.23. The third-order valence-corrected chi connectivity index (χ3v) is 2.07. The normalized spacial score (nSPS) is 27.4. The molecule has 0 saturated carbocycles. The predicted octanol–water partition coefficient (Wildman–Crippen LogP) is 2.35. The van der Waals surface area contributed by atoms with Crippen molar-refractivity contribution in [3.63, 3.8) is 0 Å². The molecule has 1 fully saturated rings. The topological polar surface area (TPSA) is 9.23 Å². The monoisotopic (exact) mass is 160 g/mol. The summed E-state index contributed by atoms with van der Waals surface area (Å²) in [6, 6.07) is 0. The standard InChI is InChI=1S/C8H13ClO/c1-7(6-9)5-8-3-2-4-10-8/h5,8H,2-4,6H2,1H3. The summed E-state index contributed by atoms with van der Waals surface area (Å²) in [6.45, 7) is 2.95. The second-order valence-electron chi connectivity index (χ2n) is 2.70. The number of alkyl halides is 1. The van der Waals surface area contributed by atoms with Gasteiger partial charge in [0.15, 0.2) is 0 Å². The first-order chi connectivity index (χ1) is 4.83. The van der Waals surface area contributed by atoms with Crippen LogP contribution in [0.4, 0.5) is 0 Å². The molecule has 1 unspecified atom stereocenters. The van der Waals surface area contributed by atoms with Gasteiger partial charge < -0.3 is 4.74 Å². The van der Waals surface area contributed by atoms with Crippen molar-refractivity contribution >= 4 is 11.6 Å². The number of halogens is 1. The second kappa shape index (κ2) is 3.99. The van der Waals surface area contributed by atoms with Crippen molar-refractivity contribution in [3.8, 4) is 0 Å². The van der Waals surface area contributed by atoms with E-state index in [1.54, 1.807) is 0 Å². The molecule has 1 aliphatic heterocycles. The lowest BCUT2D eigenvalue weighted by Crippen LogP contribution is -2.00. The van der Waals surface area contributed by atoms with E-state index >= 15 is 0 Å². The van der Waals surface area contributed by atoms with Gasteiger partial charge in [-0.15, -0.1) is 11.6 Å². The van der Waals surface area contributed by atoms with Crippen LogP contribution >= 0.6 is 11.6 Å². The fraction of sp³-hybridized carbons (Fsp3) is 0.750. The van der Waals surface area contributed by atoms with Gasteiger partial charge >= 0.3 is 0 Å². The molecule has 1 rings (SSSR count). The Morgan fingerprint density at radius 1 is 1.80 bits per heavy atom. The van der Waals surface area contributed by atoms with E-state index in [4.69, 9.17) is 16.3 Å². The Morgan fingerprint density at radius 3 is 3.10 bits per heavy atom. The maximum absolute atomic E-state index is 5.61. The first-order valence-electron chi connectivity index (χ1n) is 3.68. The van der Waals surface area contributed by atoms with Crippen LogP contribution in [0.15, 0.2) is 11.6 Å². The highest BCUT2D eigenvalue weighted by molar-refractivity contribution is 6.19. The van der Waals surface area contributed by atoms with Crippen LogP contribution in [0.1, 0.15) is 19.8 Å². The van der Waals surface area contributed by atoms with Crippen LogP contribution < -0.4 is 0 Å². The van der Waals surface area contributed by atoms with Crippen LogP contribution in [0.5, 0.6) is 0 Å². The molecule has 2 heteroatoms. The largest absolute Gasteiger partial charge is 0.374 e. The van der Waals surface area contributed by atoms with E-state index in [9.17, 15) is 0 Å². The van der Waals surface area contributed by atoms with E-state index in [1.807, 2.05) is 6.92 Å². The van der Waals surface area contributed by atoms with Crippen LogP contribution in [0.2, 0.25) is 0 Å². The van der Waals surface area contributed by atoms with Crippen molar-refractivity contribution in [2.75, 3.05) is 12.5 Å². The Hall–Kier alpha value is -0.0100. The highest BCUT2D eigenvalue weighted by Gasteiger charge is 2.11. The van der Waals surface area contributed by atoms with Gasteiger partial charge in [0.05, 0.1) is 6.10 Å². The molecule has 0 spiro atoms. The van der Waals surface area contributed by atoms with Gasteiger partial charge in [0.2, 0.25) is 0 Å². The highest BCUT2D eigenvalue weighted by atomic mass is 35.5. The lowest BCUT2D eigenvalue weighted by Gasteiger charge is -2.02. The molecule has 0 aromatic rings. The fourth-order valence-corrected chi connectivity index (χ4v) is 1.18. The number of rotatable bonds is 2. The highest BCUT2D eigenvalue weighted by Crippen LogP contribution is 2.14. The van der Waals surface area contributed by atoms with Crippen LogP contribution in [0.3, 0.4) is 0 Å². The molecular formula is C8H13ClO. The summed E-state index contributed by atoms with van der Waals surface area (Å²) in [5.74, 6) is 0.625. The molecule has 0 aromatic heterocycles. The van der Waals surface area contributed by atoms with Crippen molar-refractivity contribution in [1.29, 1.82) is 0 Å². The lowest BCUT2D eigenvalue weighted by molar-refractivity contribution is 0.145. The first kappa shape index (κ1) is 8.09. The second-order valence-corrected chi connectivity index (χ2v) is 2.97. The molecule has 1 atom stereocenters. The summed E-state index contributed by atoms with van der Waals surface area (Å²) >= 11 is 5.61. The summed E-state index contributed by atoms with van der Waals surface area (Å²) in [7, 11) is 0. The maximum Gasteiger partial charge on any atom is 0.0759 e. The molecule has 0 aliphatic carbocycles. The van der Waals surface area contributed by atoms with Gasteiger partial charge in [-0.25, -0.2) is 0 Å². The maximum atomic E-state index is 5.61. The number of hydrogen-bond donors (Lipinski definition) is 0. The van der Waals surface area contributed by atoms with E-state index in [2.05, 4.69) is 6.08 Å². The van der Waals surface area contributed by atoms with Gasteiger partial charge in [0.25, 0.3) is 0 Å². The van der Waals surface area contributed by atoms with Crippen LogP contribution in [-0.2, 0) is 4.74 Å². The molecule has 0 radical (unpaired) electrons. The van der Waals surface area contributed by atoms with Crippen LogP contribution in [0, 0.1) is 0 Å². The van der Waals surface area contributed by atoms with E-state index in [1.165, 1.54) is 12.0 Å². The molecule has 58 valence electrons. The minimum Gasteiger partial charge on any atom is -0.374 e.